The van der Waals surface area contributed by atoms with Gasteiger partial charge in [0.15, 0.2) is 0 Å². The number of benzene rings is 1. The maximum atomic E-state index is 11.1. The molecule has 1 N–H and O–H groups in total. The van der Waals surface area contributed by atoms with Crippen LogP contribution in [0.5, 0.6) is 5.75 Å². The summed E-state index contributed by atoms with van der Waals surface area (Å²) in [7, 11) is -4.23. The molecule has 79 valence electrons. The Bertz CT molecular complexity index is 641. The quantitative estimate of drug-likeness (QED) is 0.581. The molecule has 0 amide bonds. The van der Waals surface area contributed by atoms with Crippen molar-refractivity contribution in [3.05, 3.63) is 30.5 Å². The van der Waals surface area contributed by atoms with Crippen LogP contribution in [0.1, 0.15) is 0 Å². The fourth-order valence-electron chi connectivity index (χ4n) is 1.46. The Hall–Kier alpha value is -0.725. The van der Waals surface area contributed by atoms with Crippen molar-refractivity contribution in [2.24, 2.45) is 0 Å². The normalized spacial score (nSPS) is 11.7. The summed E-state index contributed by atoms with van der Waals surface area (Å²) in [4.78, 5) is 3.91. The summed E-state index contributed by atoms with van der Waals surface area (Å²) < 4.78 is 36.6. The Kier molecular flexibility index (Phi) is 3.14. The standard InChI is InChI=1S/C9H7NO4S.Hg/c11-7-3-4-8(15(12,13)14)6-2-1-5-10-9(6)7;/h1-5,11H,(H,12,13,14);/q;+1/p-1. The molecule has 0 bridgehead atoms. The van der Waals surface area contributed by atoms with E-state index < -0.39 is 10.1 Å². The summed E-state index contributed by atoms with van der Waals surface area (Å²) >= 11 is 0.0866. The van der Waals surface area contributed by atoms with Gasteiger partial charge >= 0.3 is 109 Å². The third-order valence-electron chi connectivity index (χ3n) is 2.13. The van der Waals surface area contributed by atoms with Gasteiger partial charge in [-0.3, -0.25) is 0 Å². The van der Waals surface area contributed by atoms with Gasteiger partial charge in [-0.1, -0.05) is 0 Å². The van der Waals surface area contributed by atoms with Crippen LogP contribution in [0.3, 0.4) is 0 Å². The third kappa shape index (κ3) is 2.04. The zero-order valence-electron chi connectivity index (χ0n) is 8.12. The van der Waals surface area contributed by atoms with Gasteiger partial charge in [0.05, 0.1) is 0 Å². The van der Waals surface area contributed by atoms with E-state index in [-0.39, 0.29) is 31.5 Å². The first kappa shape index (κ1) is 11.8. The number of hydrogen-bond donors (Lipinski definition) is 1. The Balaban J connectivity index is 2.91. The maximum absolute atomic E-state index is 11.1. The van der Waals surface area contributed by atoms with Gasteiger partial charge in [-0.2, -0.15) is 0 Å². The Morgan fingerprint density at radius 1 is 1.31 bits per heavy atom. The SMILES string of the molecule is O=S(=O)(O)c1ccc([O][Hg])c2ncccc12. The minimum atomic E-state index is -4.23. The minimum absolute atomic E-state index is 0.0866. The first-order chi connectivity index (χ1) is 7.54. The number of nitrogens with zero attached hydrogens (tertiary/aromatic N) is 1. The van der Waals surface area contributed by atoms with E-state index in [9.17, 15) is 8.42 Å². The van der Waals surface area contributed by atoms with Crippen molar-refractivity contribution < 1.29 is 42.2 Å². The summed E-state index contributed by atoms with van der Waals surface area (Å²) in [5.74, 6) is 0.548. The van der Waals surface area contributed by atoms with Crippen molar-refractivity contribution >= 4 is 21.0 Å². The average molecular weight is 425 g/mol. The Morgan fingerprint density at radius 3 is 2.69 bits per heavy atom. The first-order valence-corrected chi connectivity index (χ1v) is 8.00. The van der Waals surface area contributed by atoms with E-state index in [1.807, 2.05) is 0 Å². The molecule has 0 spiro atoms. The third-order valence-corrected chi connectivity index (χ3v) is 4.25. The van der Waals surface area contributed by atoms with Crippen LogP contribution in [0.25, 0.3) is 10.9 Å². The number of pyridine rings is 1. The van der Waals surface area contributed by atoms with Gasteiger partial charge in [-0.05, 0) is 0 Å². The number of aromatic nitrogens is 1. The number of rotatable bonds is 2. The first-order valence-electron chi connectivity index (χ1n) is 4.31. The monoisotopic (exact) mass is 426 g/mol. The predicted molar refractivity (Wildman–Crippen MR) is 52.2 cm³/mol. The van der Waals surface area contributed by atoms with Crippen LogP contribution in [0, 0.1) is 0 Å². The predicted octanol–water partition coefficient (Wildman–Crippen LogP) is 1.32. The van der Waals surface area contributed by atoms with Crippen molar-refractivity contribution in [1.29, 1.82) is 0 Å². The molecule has 0 radical (unpaired) electrons. The van der Waals surface area contributed by atoms with Crippen molar-refractivity contribution in [1.82, 2.24) is 4.98 Å². The van der Waals surface area contributed by atoms with E-state index in [0.717, 1.165) is 0 Å². The van der Waals surface area contributed by atoms with Gasteiger partial charge in [0.25, 0.3) is 0 Å². The molecule has 0 unspecified atom stereocenters. The second-order valence-electron chi connectivity index (χ2n) is 3.08. The second-order valence-corrected chi connectivity index (χ2v) is 5.59. The van der Waals surface area contributed by atoms with Crippen molar-refractivity contribution in [2.45, 2.75) is 4.90 Å². The van der Waals surface area contributed by atoms with Crippen LogP contribution in [0.15, 0.2) is 35.4 Å². The van der Waals surface area contributed by atoms with Gasteiger partial charge in [0.1, 0.15) is 0 Å². The van der Waals surface area contributed by atoms with E-state index in [1.165, 1.54) is 12.1 Å². The van der Waals surface area contributed by atoms with Gasteiger partial charge in [0.2, 0.25) is 0 Å². The van der Waals surface area contributed by atoms with Crippen LogP contribution >= 0.6 is 0 Å². The second kappa shape index (κ2) is 4.27. The molecule has 1 heterocycles. The molecular weight excluding hydrogens is 419 g/mol. The molecule has 1 aromatic heterocycles. The molecule has 0 fully saturated rings. The van der Waals surface area contributed by atoms with Gasteiger partial charge in [0, 0.05) is 0 Å². The number of hydrogen-bond acceptors (Lipinski definition) is 4. The van der Waals surface area contributed by atoms with E-state index in [0.29, 0.717) is 16.7 Å². The van der Waals surface area contributed by atoms with Crippen LogP contribution in [-0.4, -0.2) is 18.0 Å². The molecule has 5 nitrogen and oxygen atoms in total. The molecule has 0 saturated heterocycles. The molecule has 16 heavy (non-hydrogen) atoms. The fourth-order valence-corrected chi connectivity index (χ4v) is 3.05. The summed E-state index contributed by atoms with van der Waals surface area (Å²) in [5, 5.41) is 0.368. The molecule has 0 aliphatic heterocycles. The molecular formula is C9H6HgNO4S. The molecule has 2 rings (SSSR count). The van der Waals surface area contributed by atoms with Crippen LogP contribution in [-0.2, 0) is 36.7 Å². The summed E-state index contributed by atoms with van der Waals surface area (Å²) in [6.45, 7) is 0. The fraction of sp³-hybridized carbons (Fsp3) is 0. The average Bonchev–Trinajstić information content (AvgIpc) is 2.26. The van der Waals surface area contributed by atoms with Crippen molar-refractivity contribution in [2.75, 3.05) is 0 Å². The van der Waals surface area contributed by atoms with E-state index in [1.54, 1.807) is 18.3 Å². The summed E-state index contributed by atoms with van der Waals surface area (Å²) in [6.07, 6.45) is 1.55. The van der Waals surface area contributed by atoms with Gasteiger partial charge in [-0.25, -0.2) is 0 Å². The van der Waals surface area contributed by atoms with E-state index >= 15 is 0 Å². The molecule has 1 aromatic carbocycles. The molecule has 0 atom stereocenters. The molecule has 0 aliphatic rings. The molecule has 0 aliphatic carbocycles. The van der Waals surface area contributed by atoms with Crippen molar-refractivity contribution in [3.8, 4) is 5.75 Å². The van der Waals surface area contributed by atoms with Crippen LogP contribution in [0.4, 0.5) is 0 Å². The number of fused-ring (bicyclic) bond motifs is 1. The van der Waals surface area contributed by atoms with Crippen LogP contribution < -0.4 is 2.64 Å². The van der Waals surface area contributed by atoms with E-state index in [4.69, 9.17) is 7.20 Å². The van der Waals surface area contributed by atoms with Gasteiger partial charge < -0.3 is 0 Å². The van der Waals surface area contributed by atoms with E-state index in [2.05, 4.69) is 4.98 Å². The molecule has 2 aromatic rings. The Morgan fingerprint density at radius 2 is 2.06 bits per heavy atom. The van der Waals surface area contributed by atoms with Gasteiger partial charge in [-0.15, -0.1) is 0 Å². The Labute approximate surface area is 109 Å². The zero-order valence-corrected chi connectivity index (χ0v) is 14.4. The summed E-state index contributed by atoms with van der Waals surface area (Å²) in [5.41, 5.74) is 0.452. The molecule has 0 saturated carbocycles. The summed E-state index contributed by atoms with van der Waals surface area (Å²) in [6, 6.07) is 6.02. The topological polar surface area (TPSA) is 76.5 Å². The zero-order chi connectivity index (χ0) is 11.8. The van der Waals surface area contributed by atoms with Crippen molar-refractivity contribution in [3.63, 3.8) is 0 Å². The molecule has 7 heteroatoms. The van der Waals surface area contributed by atoms with Crippen LogP contribution in [0.2, 0.25) is 0 Å².